The van der Waals surface area contributed by atoms with Gasteiger partial charge in [0.25, 0.3) is 0 Å². The first-order chi connectivity index (χ1) is 9.58. The quantitative estimate of drug-likeness (QED) is 0.756. The van der Waals surface area contributed by atoms with Gasteiger partial charge in [0.1, 0.15) is 5.82 Å². The summed E-state index contributed by atoms with van der Waals surface area (Å²) in [6.07, 6.45) is 0. The first-order valence-electron chi connectivity index (χ1n) is 6.19. The van der Waals surface area contributed by atoms with Crippen LogP contribution in [0.2, 0.25) is 0 Å². The van der Waals surface area contributed by atoms with E-state index in [4.69, 9.17) is 9.47 Å². The van der Waals surface area contributed by atoms with Crippen LogP contribution in [-0.2, 0) is 0 Å². The van der Waals surface area contributed by atoms with Gasteiger partial charge in [0.15, 0.2) is 11.5 Å². The predicted octanol–water partition coefficient (Wildman–Crippen LogP) is 4.64. The van der Waals surface area contributed by atoms with Crippen molar-refractivity contribution in [1.29, 1.82) is 0 Å². The molecule has 0 aliphatic rings. The Balaban J connectivity index is 2.50. The highest BCUT2D eigenvalue weighted by Crippen LogP contribution is 2.39. The number of benzene rings is 2. The zero-order valence-electron chi connectivity index (χ0n) is 11.6. The van der Waals surface area contributed by atoms with E-state index in [1.165, 1.54) is 6.07 Å². The zero-order chi connectivity index (χ0) is 14.7. The lowest BCUT2D eigenvalue weighted by atomic mass is 9.99. The number of methoxy groups -OCH3 is 2. The fourth-order valence-electron chi connectivity index (χ4n) is 2.12. The normalized spacial score (nSPS) is 12.1. The van der Waals surface area contributed by atoms with E-state index in [1.807, 2.05) is 25.1 Å². The molecule has 4 heteroatoms. The molecule has 106 valence electrons. The molecule has 20 heavy (non-hydrogen) atoms. The molecule has 0 radical (unpaired) electrons. The molecule has 2 aromatic rings. The second-order valence-corrected chi connectivity index (χ2v) is 5.36. The number of hydrogen-bond acceptors (Lipinski definition) is 2. The van der Waals surface area contributed by atoms with Crippen LogP contribution >= 0.6 is 15.9 Å². The van der Waals surface area contributed by atoms with Crippen LogP contribution in [0.5, 0.6) is 11.5 Å². The summed E-state index contributed by atoms with van der Waals surface area (Å²) in [4.78, 5) is -0.233. The minimum absolute atomic E-state index is 0.233. The minimum atomic E-state index is -0.233. The molecule has 2 nitrogen and oxygen atoms in total. The average Bonchev–Trinajstić information content (AvgIpc) is 2.46. The lowest BCUT2D eigenvalue weighted by molar-refractivity contribution is 0.354. The Labute approximate surface area is 126 Å². The highest BCUT2D eigenvalue weighted by molar-refractivity contribution is 9.09. The van der Waals surface area contributed by atoms with E-state index in [9.17, 15) is 4.39 Å². The van der Waals surface area contributed by atoms with Gasteiger partial charge >= 0.3 is 0 Å². The number of rotatable bonds is 4. The third kappa shape index (κ3) is 2.80. The zero-order valence-corrected chi connectivity index (χ0v) is 13.2. The fourth-order valence-corrected chi connectivity index (χ4v) is 2.98. The third-order valence-electron chi connectivity index (χ3n) is 3.22. The van der Waals surface area contributed by atoms with Crippen molar-refractivity contribution in [3.05, 3.63) is 58.9 Å². The minimum Gasteiger partial charge on any atom is -0.493 e. The fraction of sp³-hybridized carbons (Fsp3) is 0.250. The van der Waals surface area contributed by atoms with Crippen molar-refractivity contribution in [3.63, 3.8) is 0 Å². The molecule has 0 aromatic heterocycles. The topological polar surface area (TPSA) is 18.5 Å². The number of alkyl halides is 1. The molecule has 0 saturated carbocycles. The Hall–Kier alpha value is -1.55. The second-order valence-electron chi connectivity index (χ2n) is 4.45. The van der Waals surface area contributed by atoms with Gasteiger partial charge in [0, 0.05) is 5.56 Å². The van der Waals surface area contributed by atoms with E-state index in [2.05, 4.69) is 15.9 Å². The molecule has 0 saturated heterocycles. The highest BCUT2D eigenvalue weighted by atomic mass is 79.9. The first-order valence-corrected chi connectivity index (χ1v) is 7.11. The molecule has 1 unspecified atom stereocenters. The van der Waals surface area contributed by atoms with Gasteiger partial charge in [-0.05, 0) is 36.2 Å². The third-order valence-corrected chi connectivity index (χ3v) is 4.21. The molecule has 0 N–H and O–H groups in total. The smallest absolute Gasteiger partial charge is 0.161 e. The highest BCUT2D eigenvalue weighted by Gasteiger charge is 2.19. The van der Waals surface area contributed by atoms with Crippen molar-refractivity contribution in [2.75, 3.05) is 14.2 Å². The van der Waals surface area contributed by atoms with E-state index < -0.39 is 0 Å². The second kappa shape index (κ2) is 6.27. The Morgan fingerprint density at radius 3 is 2.20 bits per heavy atom. The van der Waals surface area contributed by atoms with Gasteiger partial charge in [-0.3, -0.25) is 0 Å². The van der Waals surface area contributed by atoms with E-state index in [0.29, 0.717) is 17.1 Å². The van der Waals surface area contributed by atoms with Crippen LogP contribution in [0.25, 0.3) is 0 Å². The molecular weight excluding hydrogens is 323 g/mol. The summed E-state index contributed by atoms with van der Waals surface area (Å²) in [5, 5.41) is 0. The van der Waals surface area contributed by atoms with Crippen molar-refractivity contribution in [1.82, 2.24) is 0 Å². The lowest BCUT2D eigenvalue weighted by Crippen LogP contribution is -2.01. The Morgan fingerprint density at radius 1 is 1.00 bits per heavy atom. The molecule has 0 spiro atoms. The SMILES string of the molecule is COc1cc(C)c(C(Br)c2ccccc2F)cc1OC. The number of hydrogen-bond donors (Lipinski definition) is 0. The monoisotopic (exact) mass is 338 g/mol. The van der Waals surface area contributed by atoms with Crippen LogP contribution in [0.3, 0.4) is 0 Å². The van der Waals surface area contributed by atoms with Crippen molar-refractivity contribution in [2.24, 2.45) is 0 Å². The van der Waals surface area contributed by atoms with E-state index >= 15 is 0 Å². The Bertz CT molecular complexity index is 613. The number of aryl methyl sites for hydroxylation is 1. The van der Waals surface area contributed by atoms with Crippen LogP contribution in [0.15, 0.2) is 36.4 Å². The molecule has 0 aliphatic heterocycles. The van der Waals surface area contributed by atoms with E-state index in [1.54, 1.807) is 26.4 Å². The van der Waals surface area contributed by atoms with Crippen LogP contribution < -0.4 is 9.47 Å². The first kappa shape index (κ1) is 14.9. The summed E-state index contributed by atoms with van der Waals surface area (Å²) in [6, 6.07) is 10.5. The van der Waals surface area contributed by atoms with Gasteiger partial charge in [-0.1, -0.05) is 34.1 Å². The van der Waals surface area contributed by atoms with Gasteiger partial charge in [0.05, 0.1) is 19.0 Å². The van der Waals surface area contributed by atoms with Crippen LogP contribution in [0.4, 0.5) is 4.39 Å². The maximum absolute atomic E-state index is 13.9. The summed E-state index contributed by atoms with van der Waals surface area (Å²) in [5.41, 5.74) is 2.56. The van der Waals surface area contributed by atoms with Crippen molar-refractivity contribution in [2.45, 2.75) is 11.8 Å². The molecular formula is C16H16BrFO2. The van der Waals surface area contributed by atoms with Gasteiger partial charge in [-0.2, -0.15) is 0 Å². The van der Waals surface area contributed by atoms with Crippen molar-refractivity contribution >= 4 is 15.9 Å². The average molecular weight is 339 g/mol. The van der Waals surface area contributed by atoms with Crippen LogP contribution in [0, 0.1) is 12.7 Å². The van der Waals surface area contributed by atoms with Gasteiger partial charge in [-0.25, -0.2) is 4.39 Å². The summed E-state index contributed by atoms with van der Waals surface area (Å²) >= 11 is 3.57. The maximum atomic E-state index is 13.9. The number of halogens is 2. The van der Waals surface area contributed by atoms with E-state index in [0.717, 1.165) is 11.1 Å². The molecule has 1 atom stereocenters. The summed E-state index contributed by atoms with van der Waals surface area (Å²) in [5.74, 6) is 1.07. The van der Waals surface area contributed by atoms with Gasteiger partial charge < -0.3 is 9.47 Å². The number of ether oxygens (including phenoxy) is 2. The van der Waals surface area contributed by atoms with Crippen molar-refractivity contribution in [3.8, 4) is 11.5 Å². The summed E-state index contributed by atoms with van der Waals surface area (Å²) in [7, 11) is 3.18. The molecule has 0 fully saturated rings. The predicted molar refractivity (Wildman–Crippen MR) is 81.5 cm³/mol. The Morgan fingerprint density at radius 2 is 1.60 bits per heavy atom. The Kier molecular flexibility index (Phi) is 4.65. The molecule has 2 rings (SSSR count). The molecule has 0 bridgehead atoms. The van der Waals surface area contributed by atoms with Crippen molar-refractivity contribution < 1.29 is 13.9 Å². The maximum Gasteiger partial charge on any atom is 0.161 e. The van der Waals surface area contributed by atoms with E-state index in [-0.39, 0.29) is 10.6 Å². The molecule has 0 amide bonds. The van der Waals surface area contributed by atoms with Gasteiger partial charge in [0.2, 0.25) is 0 Å². The standard InChI is InChI=1S/C16H16BrFO2/c1-10-8-14(19-2)15(20-3)9-12(10)16(17)11-6-4-5-7-13(11)18/h4-9,16H,1-3H3. The van der Waals surface area contributed by atoms with Gasteiger partial charge in [-0.15, -0.1) is 0 Å². The van der Waals surface area contributed by atoms with Crippen LogP contribution in [-0.4, -0.2) is 14.2 Å². The summed E-state index contributed by atoms with van der Waals surface area (Å²) < 4.78 is 24.5. The molecule has 2 aromatic carbocycles. The van der Waals surface area contributed by atoms with Crippen LogP contribution in [0.1, 0.15) is 21.5 Å². The summed E-state index contributed by atoms with van der Waals surface area (Å²) in [6.45, 7) is 1.96. The lowest BCUT2D eigenvalue weighted by Gasteiger charge is -2.17. The molecule has 0 aliphatic carbocycles. The molecule has 0 heterocycles. The largest absolute Gasteiger partial charge is 0.493 e.